The molecule has 0 aliphatic rings. The molecule has 1 aromatic carbocycles. The number of hydrogen-bond donors (Lipinski definition) is 1. The summed E-state index contributed by atoms with van der Waals surface area (Å²) in [5, 5.41) is 0.571. The van der Waals surface area contributed by atoms with E-state index in [9.17, 15) is 4.79 Å². The highest BCUT2D eigenvalue weighted by atomic mass is 32.1. The third-order valence-corrected chi connectivity index (χ3v) is 2.93. The van der Waals surface area contributed by atoms with E-state index >= 15 is 0 Å². The van der Waals surface area contributed by atoms with Crippen molar-refractivity contribution >= 4 is 22.8 Å². The highest BCUT2D eigenvalue weighted by molar-refractivity contribution is 7.15. The van der Waals surface area contributed by atoms with E-state index in [1.165, 1.54) is 11.3 Å². The number of aromatic nitrogens is 1. The summed E-state index contributed by atoms with van der Waals surface area (Å²) < 4.78 is 0. The topological polar surface area (TPSA) is 56.0 Å². The Balaban J connectivity index is 2.45. The molecule has 0 aliphatic heterocycles. The van der Waals surface area contributed by atoms with Crippen LogP contribution in [0.1, 0.15) is 15.2 Å². The Hall–Kier alpha value is -1.68. The Morgan fingerprint density at radius 3 is 2.47 bits per heavy atom. The Kier molecular flexibility index (Phi) is 2.51. The average Bonchev–Trinajstić information content (AvgIpc) is 2.58. The van der Waals surface area contributed by atoms with Crippen molar-refractivity contribution in [2.24, 2.45) is 0 Å². The van der Waals surface area contributed by atoms with Crippen molar-refractivity contribution in [1.29, 1.82) is 0 Å². The lowest BCUT2D eigenvalue weighted by Gasteiger charge is -1.98. The van der Waals surface area contributed by atoms with Crippen LogP contribution in [0, 0.1) is 6.92 Å². The van der Waals surface area contributed by atoms with Crippen LogP contribution < -0.4 is 5.73 Å². The van der Waals surface area contributed by atoms with Crippen LogP contribution in [0.25, 0.3) is 11.3 Å². The predicted octanol–water partition coefficient (Wildman–Crippen LogP) is 2.51. The number of thiazole rings is 1. The highest BCUT2D eigenvalue weighted by Crippen LogP contribution is 2.28. The second kappa shape index (κ2) is 3.82. The van der Waals surface area contributed by atoms with Crippen molar-refractivity contribution in [3.05, 3.63) is 34.7 Å². The number of hydrogen-bond acceptors (Lipinski definition) is 4. The quantitative estimate of drug-likeness (QED) is 0.788. The Morgan fingerprint density at radius 1 is 1.33 bits per heavy atom. The van der Waals surface area contributed by atoms with Crippen LogP contribution in [-0.2, 0) is 0 Å². The van der Waals surface area contributed by atoms with E-state index in [1.807, 2.05) is 19.1 Å². The fraction of sp³-hybridized carbons (Fsp3) is 0.0909. The molecule has 0 radical (unpaired) electrons. The third-order valence-electron chi connectivity index (χ3n) is 2.13. The number of carbonyl (C=O) groups is 1. The molecule has 76 valence electrons. The van der Waals surface area contributed by atoms with Crippen LogP contribution in [0.2, 0.25) is 0 Å². The number of anilines is 1. The first-order valence-electron chi connectivity index (χ1n) is 4.49. The van der Waals surface area contributed by atoms with Crippen LogP contribution >= 0.6 is 11.3 Å². The number of rotatable bonds is 2. The third kappa shape index (κ3) is 1.89. The van der Waals surface area contributed by atoms with Crippen molar-refractivity contribution in [2.75, 3.05) is 5.73 Å². The van der Waals surface area contributed by atoms with Crippen molar-refractivity contribution in [3.8, 4) is 11.3 Å². The fourth-order valence-corrected chi connectivity index (χ4v) is 2.12. The Bertz CT molecular complexity index is 488. The lowest BCUT2D eigenvalue weighted by molar-refractivity contribution is 0.112. The van der Waals surface area contributed by atoms with Gasteiger partial charge >= 0.3 is 0 Å². The molecule has 0 fully saturated rings. The number of nitrogens with zero attached hydrogens (tertiary/aromatic N) is 1. The van der Waals surface area contributed by atoms with E-state index in [0.29, 0.717) is 10.7 Å². The molecule has 1 aromatic heterocycles. The van der Waals surface area contributed by atoms with Crippen LogP contribution in [0.4, 0.5) is 5.13 Å². The summed E-state index contributed by atoms with van der Waals surface area (Å²) in [6.45, 7) is 1.98. The summed E-state index contributed by atoms with van der Waals surface area (Å²) in [6.07, 6.45) is 0.825. The van der Waals surface area contributed by atoms with Gasteiger partial charge in [-0.15, -0.1) is 11.3 Å². The van der Waals surface area contributed by atoms with Crippen LogP contribution in [0.5, 0.6) is 0 Å². The van der Waals surface area contributed by atoms with Gasteiger partial charge in [0.2, 0.25) is 0 Å². The number of nitrogen functional groups attached to an aromatic ring is 1. The standard InChI is InChI=1S/C11H10N2OS/c1-7-10(13-11(12)15-7)9-4-2-8(6-14)3-5-9/h2-6H,1H3,(H2,12,13). The molecular formula is C11H10N2OS. The smallest absolute Gasteiger partial charge is 0.180 e. The first kappa shape index (κ1) is 9.86. The summed E-state index contributed by atoms with van der Waals surface area (Å²) in [6, 6.07) is 7.31. The molecule has 0 aliphatic carbocycles. The molecule has 3 nitrogen and oxygen atoms in total. The first-order chi connectivity index (χ1) is 7.20. The summed E-state index contributed by atoms with van der Waals surface area (Å²) >= 11 is 1.47. The number of aldehydes is 1. The lowest BCUT2D eigenvalue weighted by Crippen LogP contribution is -1.85. The van der Waals surface area contributed by atoms with Crippen molar-refractivity contribution < 1.29 is 4.79 Å². The van der Waals surface area contributed by atoms with E-state index < -0.39 is 0 Å². The molecule has 1 heterocycles. The molecule has 2 rings (SSSR count). The van der Waals surface area contributed by atoms with Gasteiger partial charge < -0.3 is 5.73 Å². The Labute approximate surface area is 91.6 Å². The molecule has 0 saturated heterocycles. The van der Waals surface area contributed by atoms with E-state index in [0.717, 1.165) is 22.4 Å². The van der Waals surface area contributed by atoms with Gasteiger partial charge in [-0.2, -0.15) is 0 Å². The van der Waals surface area contributed by atoms with Crippen LogP contribution in [0.3, 0.4) is 0 Å². The number of benzene rings is 1. The second-order valence-electron chi connectivity index (χ2n) is 3.20. The van der Waals surface area contributed by atoms with Gasteiger partial charge in [-0.1, -0.05) is 24.3 Å². The minimum absolute atomic E-state index is 0.571. The summed E-state index contributed by atoms with van der Waals surface area (Å²) in [5.41, 5.74) is 8.18. The average molecular weight is 218 g/mol. The molecule has 0 saturated carbocycles. The number of carbonyl (C=O) groups excluding carboxylic acids is 1. The van der Waals surface area contributed by atoms with Crippen molar-refractivity contribution in [1.82, 2.24) is 4.98 Å². The fourth-order valence-electron chi connectivity index (χ4n) is 1.40. The monoisotopic (exact) mass is 218 g/mol. The van der Waals surface area contributed by atoms with Gasteiger partial charge in [-0.05, 0) is 6.92 Å². The molecule has 0 amide bonds. The first-order valence-corrected chi connectivity index (χ1v) is 5.31. The highest BCUT2D eigenvalue weighted by Gasteiger charge is 2.07. The maximum absolute atomic E-state index is 10.5. The van der Waals surface area contributed by atoms with Crippen LogP contribution in [0.15, 0.2) is 24.3 Å². The molecule has 0 unspecified atom stereocenters. The SMILES string of the molecule is Cc1sc(N)nc1-c1ccc(C=O)cc1. The lowest BCUT2D eigenvalue weighted by atomic mass is 10.1. The minimum atomic E-state index is 0.571. The Morgan fingerprint density at radius 2 is 2.00 bits per heavy atom. The summed E-state index contributed by atoms with van der Waals surface area (Å²) in [7, 11) is 0. The van der Waals surface area contributed by atoms with Gasteiger partial charge in [0.05, 0.1) is 5.69 Å². The van der Waals surface area contributed by atoms with Gasteiger partial charge in [0, 0.05) is 16.0 Å². The normalized spacial score (nSPS) is 10.2. The maximum atomic E-state index is 10.5. The molecule has 0 atom stereocenters. The molecule has 2 aromatic rings. The zero-order valence-corrected chi connectivity index (χ0v) is 9.04. The summed E-state index contributed by atoms with van der Waals surface area (Å²) in [4.78, 5) is 15.8. The second-order valence-corrected chi connectivity index (χ2v) is 4.43. The van der Waals surface area contributed by atoms with Gasteiger partial charge in [0.15, 0.2) is 5.13 Å². The van der Waals surface area contributed by atoms with Gasteiger partial charge in [-0.3, -0.25) is 4.79 Å². The molecular weight excluding hydrogens is 208 g/mol. The number of aryl methyl sites for hydroxylation is 1. The molecule has 0 bridgehead atoms. The zero-order valence-electron chi connectivity index (χ0n) is 8.23. The van der Waals surface area contributed by atoms with E-state index in [-0.39, 0.29) is 0 Å². The molecule has 2 N–H and O–H groups in total. The predicted molar refractivity (Wildman–Crippen MR) is 62.1 cm³/mol. The van der Waals surface area contributed by atoms with Crippen LogP contribution in [-0.4, -0.2) is 11.3 Å². The van der Waals surface area contributed by atoms with Gasteiger partial charge in [0.1, 0.15) is 6.29 Å². The summed E-state index contributed by atoms with van der Waals surface area (Å²) in [5.74, 6) is 0. The van der Waals surface area contributed by atoms with Gasteiger partial charge in [0.25, 0.3) is 0 Å². The zero-order chi connectivity index (χ0) is 10.8. The van der Waals surface area contributed by atoms with E-state index in [2.05, 4.69) is 4.98 Å². The van der Waals surface area contributed by atoms with Gasteiger partial charge in [-0.25, -0.2) is 4.98 Å². The van der Waals surface area contributed by atoms with E-state index in [1.54, 1.807) is 12.1 Å². The van der Waals surface area contributed by atoms with Crippen molar-refractivity contribution in [3.63, 3.8) is 0 Å². The minimum Gasteiger partial charge on any atom is -0.375 e. The maximum Gasteiger partial charge on any atom is 0.180 e. The molecule has 0 spiro atoms. The van der Waals surface area contributed by atoms with E-state index in [4.69, 9.17) is 5.73 Å². The largest absolute Gasteiger partial charge is 0.375 e. The molecule has 15 heavy (non-hydrogen) atoms. The number of nitrogens with two attached hydrogens (primary N) is 1. The van der Waals surface area contributed by atoms with Crippen molar-refractivity contribution in [2.45, 2.75) is 6.92 Å². The molecule has 4 heteroatoms.